The van der Waals surface area contributed by atoms with Crippen LogP contribution in [0.15, 0.2) is 57.7 Å². The van der Waals surface area contributed by atoms with Crippen molar-refractivity contribution in [3.8, 4) is 11.5 Å². The van der Waals surface area contributed by atoms with E-state index in [-0.39, 0.29) is 23.8 Å². The molecule has 0 unspecified atom stereocenters. The predicted octanol–water partition coefficient (Wildman–Crippen LogP) is 4.36. The number of aryl methyl sites for hydroxylation is 2. The highest BCUT2D eigenvalue weighted by Gasteiger charge is 2.26. The van der Waals surface area contributed by atoms with Gasteiger partial charge in [0.1, 0.15) is 18.2 Å². The zero-order valence-corrected chi connectivity index (χ0v) is 17.1. The number of ether oxygens (including phenoxy) is 3. The molecule has 0 aliphatic carbocycles. The first-order chi connectivity index (χ1) is 15.0. The lowest BCUT2D eigenvalue weighted by Gasteiger charge is -2.11. The molecule has 0 radical (unpaired) electrons. The van der Waals surface area contributed by atoms with Gasteiger partial charge in [0, 0.05) is 0 Å². The standard InChI is InChI=1S/C23H19FN2O5/c1-13-17(14(2)31-26-13)12-29-20-9-8-15(11-21(20)28-3)10-19-23(27)30-22(25-19)16-6-4-5-7-18(16)24/h4-11H,12H2,1-3H3/b19-10-. The third-order valence-electron chi connectivity index (χ3n) is 4.77. The lowest BCUT2D eigenvalue weighted by atomic mass is 10.1. The van der Waals surface area contributed by atoms with Crippen LogP contribution in [0.5, 0.6) is 11.5 Å². The Kier molecular flexibility index (Phi) is 5.53. The van der Waals surface area contributed by atoms with E-state index in [9.17, 15) is 9.18 Å². The third kappa shape index (κ3) is 4.18. The molecule has 0 spiro atoms. The molecule has 1 aliphatic rings. The van der Waals surface area contributed by atoms with Crippen molar-refractivity contribution in [3.63, 3.8) is 0 Å². The molecule has 2 aromatic carbocycles. The first-order valence-electron chi connectivity index (χ1n) is 9.46. The van der Waals surface area contributed by atoms with Gasteiger partial charge in [-0.2, -0.15) is 0 Å². The van der Waals surface area contributed by atoms with Crippen LogP contribution in [0, 0.1) is 19.7 Å². The Balaban J connectivity index is 1.57. The number of hydrogen-bond acceptors (Lipinski definition) is 7. The normalized spacial score (nSPS) is 14.5. The van der Waals surface area contributed by atoms with Gasteiger partial charge in [0.25, 0.3) is 0 Å². The van der Waals surface area contributed by atoms with Crippen molar-refractivity contribution in [2.45, 2.75) is 20.5 Å². The number of carbonyl (C=O) groups excluding carboxylic acids is 1. The van der Waals surface area contributed by atoms with Crippen LogP contribution in [0.1, 0.15) is 28.1 Å². The Labute approximate surface area is 177 Å². The van der Waals surface area contributed by atoms with Crippen LogP contribution in [0.4, 0.5) is 4.39 Å². The molecule has 7 nitrogen and oxygen atoms in total. The minimum Gasteiger partial charge on any atom is -0.493 e. The van der Waals surface area contributed by atoms with Crippen LogP contribution in [0.2, 0.25) is 0 Å². The SMILES string of the molecule is COc1cc(/C=C2\N=C(c3ccccc3F)OC2=O)ccc1OCc1c(C)noc1C. The molecule has 0 bridgehead atoms. The number of nitrogens with zero attached hydrogens (tertiary/aromatic N) is 2. The minimum absolute atomic E-state index is 0.0599. The van der Waals surface area contributed by atoms with Gasteiger partial charge in [0.15, 0.2) is 17.2 Å². The molecule has 0 fully saturated rings. The van der Waals surface area contributed by atoms with Gasteiger partial charge in [-0.3, -0.25) is 0 Å². The Bertz CT molecular complexity index is 1190. The average Bonchev–Trinajstić information content (AvgIpc) is 3.28. The lowest BCUT2D eigenvalue weighted by molar-refractivity contribution is -0.129. The number of methoxy groups -OCH3 is 1. The van der Waals surface area contributed by atoms with E-state index in [1.165, 1.54) is 25.3 Å². The van der Waals surface area contributed by atoms with Crippen LogP contribution >= 0.6 is 0 Å². The van der Waals surface area contributed by atoms with Crippen molar-refractivity contribution in [2.24, 2.45) is 4.99 Å². The van der Waals surface area contributed by atoms with E-state index in [2.05, 4.69) is 10.1 Å². The van der Waals surface area contributed by atoms with Gasteiger partial charge in [-0.15, -0.1) is 0 Å². The van der Waals surface area contributed by atoms with E-state index < -0.39 is 11.8 Å². The van der Waals surface area contributed by atoms with Gasteiger partial charge < -0.3 is 18.7 Å². The Morgan fingerprint density at radius 3 is 2.65 bits per heavy atom. The van der Waals surface area contributed by atoms with Crippen LogP contribution in [0.3, 0.4) is 0 Å². The molecule has 2 heterocycles. The number of aromatic nitrogens is 1. The van der Waals surface area contributed by atoms with Gasteiger partial charge in [-0.25, -0.2) is 14.2 Å². The zero-order chi connectivity index (χ0) is 22.0. The average molecular weight is 422 g/mol. The fraction of sp³-hybridized carbons (Fsp3) is 0.174. The van der Waals surface area contributed by atoms with Gasteiger partial charge in [0.05, 0.1) is 23.9 Å². The molecule has 1 aromatic heterocycles. The predicted molar refractivity (Wildman–Crippen MR) is 110 cm³/mol. The highest BCUT2D eigenvalue weighted by Crippen LogP contribution is 2.31. The van der Waals surface area contributed by atoms with Crippen LogP contribution in [0.25, 0.3) is 6.08 Å². The molecular formula is C23H19FN2O5. The van der Waals surface area contributed by atoms with Gasteiger partial charge in [-0.1, -0.05) is 23.4 Å². The number of halogens is 1. The Hall–Kier alpha value is -3.94. The summed E-state index contributed by atoms with van der Waals surface area (Å²) in [5, 5.41) is 3.91. The second-order valence-corrected chi connectivity index (χ2v) is 6.82. The van der Waals surface area contributed by atoms with Gasteiger partial charge >= 0.3 is 5.97 Å². The topological polar surface area (TPSA) is 83.2 Å². The second kappa shape index (κ2) is 8.43. The first-order valence-corrected chi connectivity index (χ1v) is 9.46. The number of hydrogen-bond donors (Lipinski definition) is 0. The largest absolute Gasteiger partial charge is 0.493 e. The summed E-state index contributed by atoms with van der Waals surface area (Å²) in [5.74, 6) is 0.453. The van der Waals surface area contributed by atoms with Crippen molar-refractivity contribution >= 4 is 17.9 Å². The molecule has 3 aromatic rings. The van der Waals surface area contributed by atoms with Crippen molar-refractivity contribution in [1.82, 2.24) is 5.16 Å². The van der Waals surface area contributed by atoms with E-state index in [1.807, 2.05) is 13.8 Å². The quantitative estimate of drug-likeness (QED) is 0.434. The number of carbonyl (C=O) groups is 1. The van der Waals surface area contributed by atoms with Gasteiger partial charge in [-0.05, 0) is 49.8 Å². The molecule has 4 rings (SSSR count). The molecule has 1 aliphatic heterocycles. The minimum atomic E-state index is -0.657. The summed E-state index contributed by atoms with van der Waals surface area (Å²) in [6.07, 6.45) is 1.54. The third-order valence-corrected chi connectivity index (χ3v) is 4.77. The van der Waals surface area contributed by atoms with Crippen LogP contribution in [-0.4, -0.2) is 24.1 Å². The zero-order valence-electron chi connectivity index (χ0n) is 17.1. The Morgan fingerprint density at radius 2 is 1.94 bits per heavy atom. The molecule has 0 atom stereocenters. The highest BCUT2D eigenvalue weighted by atomic mass is 19.1. The molecular weight excluding hydrogens is 403 g/mol. The van der Waals surface area contributed by atoms with E-state index in [0.717, 1.165) is 11.3 Å². The summed E-state index contributed by atoms with van der Waals surface area (Å²) >= 11 is 0. The van der Waals surface area contributed by atoms with Crippen molar-refractivity contribution in [1.29, 1.82) is 0 Å². The first kappa shape index (κ1) is 20.3. The van der Waals surface area contributed by atoms with Crippen LogP contribution in [-0.2, 0) is 16.1 Å². The summed E-state index contributed by atoms with van der Waals surface area (Å²) in [4.78, 5) is 16.3. The lowest BCUT2D eigenvalue weighted by Crippen LogP contribution is -2.07. The maximum absolute atomic E-state index is 14.0. The maximum atomic E-state index is 14.0. The number of aliphatic imine (C=N–C) groups is 1. The number of rotatable bonds is 6. The maximum Gasteiger partial charge on any atom is 0.363 e. The summed E-state index contributed by atoms with van der Waals surface area (Å²) in [7, 11) is 1.52. The van der Waals surface area contributed by atoms with E-state index in [0.29, 0.717) is 22.8 Å². The number of esters is 1. The Morgan fingerprint density at radius 1 is 1.13 bits per heavy atom. The summed E-state index contributed by atoms with van der Waals surface area (Å²) in [6.45, 7) is 3.95. The van der Waals surface area contributed by atoms with Gasteiger partial charge in [0.2, 0.25) is 5.90 Å². The molecule has 0 amide bonds. The molecule has 0 saturated heterocycles. The number of benzene rings is 2. The molecule has 31 heavy (non-hydrogen) atoms. The summed E-state index contributed by atoms with van der Waals surface area (Å²) in [6, 6.07) is 11.2. The summed E-state index contributed by atoms with van der Waals surface area (Å²) < 4.78 is 35.5. The van der Waals surface area contributed by atoms with E-state index >= 15 is 0 Å². The fourth-order valence-electron chi connectivity index (χ4n) is 3.07. The molecule has 8 heteroatoms. The van der Waals surface area contributed by atoms with Crippen molar-refractivity contribution in [2.75, 3.05) is 7.11 Å². The number of cyclic esters (lactones) is 1. The monoisotopic (exact) mass is 422 g/mol. The van der Waals surface area contributed by atoms with Crippen molar-refractivity contribution < 1.29 is 27.9 Å². The van der Waals surface area contributed by atoms with E-state index in [4.69, 9.17) is 18.7 Å². The van der Waals surface area contributed by atoms with Crippen molar-refractivity contribution in [3.05, 3.63) is 82.1 Å². The fourth-order valence-corrected chi connectivity index (χ4v) is 3.07. The highest BCUT2D eigenvalue weighted by molar-refractivity contribution is 6.12. The second-order valence-electron chi connectivity index (χ2n) is 6.82. The molecule has 0 saturated carbocycles. The molecule has 0 N–H and O–H groups in total. The molecule has 158 valence electrons. The smallest absolute Gasteiger partial charge is 0.363 e. The van der Waals surface area contributed by atoms with Crippen LogP contribution < -0.4 is 9.47 Å². The van der Waals surface area contributed by atoms with E-state index in [1.54, 1.807) is 30.3 Å². The summed E-state index contributed by atoms with van der Waals surface area (Å²) in [5.41, 5.74) is 2.47.